The lowest BCUT2D eigenvalue weighted by atomic mass is 9.81. The van der Waals surface area contributed by atoms with E-state index in [2.05, 4.69) is 20.9 Å². The fourth-order valence-corrected chi connectivity index (χ4v) is 3.08. The van der Waals surface area contributed by atoms with Gasteiger partial charge in [-0.1, -0.05) is 24.4 Å². The number of carbonyl (C=O) groups is 1. The standard InChI is InChI=1S/C11H12BrClN2O/c12-7-3-4-8(13)15-9(7)11(10(14)16)5-1-2-6-11/h3-4H,1-2,5-6H2,(H2,14,16). The Morgan fingerprint density at radius 2 is 2.06 bits per heavy atom. The summed E-state index contributed by atoms with van der Waals surface area (Å²) in [5.74, 6) is -0.305. The molecule has 5 heteroatoms. The summed E-state index contributed by atoms with van der Waals surface area (Å²) < 4.78 is 0.803. The Kier molecular flexibility index (Phi) is 3.22. The van der Waals surface area contributed by atoms with E-state index < -0.39 is 5.41 Å². The number of aromatic nitrogens is 1. The second-order valence-electron chi connectivity index (χ2n) is 4.12. The Labute approximate surface area is 108 Å². The molecule has 16 heavy (non-hydrogen) atoms. The van der Waals surface area contributed by atoms with Gasteiger partial charge in [0.2, 0.25) is 5.91 Å². The normalized spacial score (nSPS) is 18.6. The van der Waals surface area contributed by atoms with E-state index in [1.54, 1.807) is 6.07 Å². The van der Waals surface area contributed by atoms with Gasteiger partial charge in [0.1, 0.15) is 5.15 Å². The summed E-state index contributed by atoms with van der Waals surface area (Å²) in [6.07, 6.45) is 3.52. The van der Waals surface area contributed by atoms with Crippen molar-refractivity contribution in [2.24, 2.45) is 5.73 Å². The highest BCUT2D eigenvalue weighted by Crippen LogP contribution is 2.43. The predicted octanol–water partition coefficient (Wildman–Crippen LogP) is 2.79. The van der Waals surface area contributed by atoms with Crippen LogP contribution in [0.5, 0.6) is 0 Å². The molecule has 0 aliphatic heterocycles. The molecule has 0 radical (unpaired) electrons. The molecule has 0 atom stereocenters. The first kappa shape index (κ1) is 11.9. The van der Waals surface area contributed by atoms with Gasteiger partial charge in [-0.15, -0.1) is 0 Å². The summed E-state index contributed by atoms with van der Waals surface area (Å²) >= 11 is 9.29. The van der Waals surface area contributed by atoms with Crippen LogP contribution in [0.25, 0.3) is 0 Å². The Bertz CT molecular complexity index is 430. The monoisotopic (exact) mass is 302 g/mol. The molecule has 1 aromatic rings. The summed E-state index contributed by atoms with van der Waals surface area (Å²) in [4.78, 5) is 16.0. The van der Waals surface area contributed by atoms with Crippen LogP contribution in [0.15, 0.2) is 16.6 Å². The third kappa shape index (κ3) is 1.84. The third-order valence-corrected chi connectivity index (χ3v) is 4.04. The SMILES string of the molecule is NC(=O)C1(c2nc(Cl)ccc2Br)CCCC1. The number of nitrogens with two attached hydrogens (primary N) is 1. The van der Waals surface area contributed by atoms with Crippen LogP contribution in [0.1, 0.15) is 31.4 Å². The van der Waals surface area contributed by atoms with E-state index in [0.29, 0.717) is 10.8 Å². The first-order chi connectivity index (χ1) is 7.56. The average Bonchev–Trinajstić information content (AvgIpc) is 2.71. The molecule has 0 aromatic carbocycles. The van der Waals surface area contributed by atoms with Crippen molar-refractivity contribution in [3.05, 3.63) is 27.5 Å². The smallest absolute Gasteiger partial charge is 0.229 e. The number of amides is 1. The zero-order valence-electron chi connectivity index (χ0n) is 8.67. The van der Waals surface area contributed by atoms with Crippen LogP contribution in [0.2, 0.25) is 5.15 Å². The van der Waals surface area contributed by atoms with Crippen LogP contribution in [-0.4, -0.2) is 10.9 Å². The van der Waals surface area contributed by atoms with Crippen LogP contribution < -0.4 is 5.73 Å². The average molecular weight is 304 g/mol. The zero-order valence-corrected chi connectivity index (χ0v) is 11.0. The fourth-order valence-electron chi connectivity index (χ4n) is 2.33. The number of rotatable bonds is 2. The van der Waals surface area contributed by atoms with E-state index >= 15 is 0 Å². The Hall–Kier alpha value is -0.610. The number of primary amides is 1. The topological polar surface area (TPSA) is 56.0 Å². The molecule has 1 amide bonds. The first-order valence-electron chi connectivity index (χ1n) is 5.19. The number of hydrogen-bond acceptors (Lipinski definition) is 2. The van der Waals surface area contributed by atoms with E-state index in [1.807, 2.05) is 6.07 Å². The van der Waals surface area contributed by atoms with Gasteiger partial charge in [-0.2, -0.15) is 0 Å². The molecular weight excluding hydrogens is 291 g/mol. The summed E-state index contributed by atoms with van der Waals surface area (Å²) in [6.45, 7) is 0. The summed E-state index contributed by atoms with van der Waals surface area (Å²) in [6, 6.07) is 3.51. The number of hydrogen-bond donors (Lipinski definition) is 1. The minimum atomic E-state index is -0.635. The maximum Gasteiger partial charge on any atom is 0.229 e. The van der Waals surface area contributed by atoms with Gasteiger partial charge in [0.15, 0.2) is 0 Å². The molecule has 0 bridgehead atoms. The lowest BCUT2D eigenvalue weighted by Crippen LogP contribution is -2.39. The van der Waals surface area contributed by atoms with Gasteiger partial charge in [0.05, 0.1) is 11.1 Å². The van der Waals surface area contributed by atoms with Crippen molar-refractivity contribution in [3.8, 4) is 0 Å². The Morgan fingerprint density at radius 3 is 2.62 bits per heavy atom. The quantitative estimate of drug-likeness (QED) is 0.854. The van der Waals surface area contributed by atoms with Crippen molar-refractivity contribution in [1.82, 2.24) is 4.98 Å². The van der Waals surface area contributed by atoms with Crippen LogP contribution >= 0.6 is 27.5 Å². The summed E-state index contributed by atoms with van der Waals surface area (Å²) in [5.41, 5.74) is 5.59. The van der Waals surface area contributed by atoms with E-state index in [9.17, 15) is 4.79 Å². The largest absolute Gasteiger partial charge is 0.369 e. The molecule has 1 heterocycles. The number of nitrogens with zero attached hydrogens (tertiary/aromatic N) is 1. The molecule has 1 saturated carbocycles. The van der Waals surface area contributed by atoms with Crippen molar-refractivity contribution in [3.63, 3.8) is 0 Å². The zero-order chi connectivity index (χ0) is 11.8. The molecule has 1 aliphatic carbocycles. The van der Waals surface area contributed by atoms with Crippen molar-refractivity contribution >= 4 is 33.4 Å². The second kappa shape index (κ2) is 4.34. The van der Waals surface area contributed by atoms with Gasteiger partial charge >= 0.3 is 0 Å². The van der Waals surface area contributed by atoms with Crippen molar-refractivity contribution < 1.29 is 4.79 Å². The lowest BCUT2D eigenvalue weighted by molar-refractivity contribution is -0.123. The maximum absolute atomic E-state index is 11.7. The lowest BCUT2D eigenvalue weighted by Gasteiger charge is -2.25. The minimum Gasteiger partial charge on any atom is -0.369 e. The van der Waals surface area contributed by atoms with Crippen LogP contribution in [-0.2, 0) is 10.2 Å². The molecule has 1 fully saturated rings. The van der Waals surface area contributed by atoms with E-state index in [4.69, 9.17) is 17.3 Å². The molecule has 0 spiro atoms. The van der Waals surface area contributed by atoms with Crippen LogP contribution in [0.3, 0.4) is 0 Å². The van der Waals surface area contributed by atoms with Gasteiger partial charge in [-0.05, 0) is 40.9 Å². The fraction of sp³-hybridized carbons (Fsp3) is 0.455. The Balaban J connectivity index is 2.55. The highest BCUT2D eigenvalue weighted by molar-refractivity contribution is 9.10. The van der Waals surface area contributed by atoms with Crippen molar-refractivity contribution in [2.45, 2.75) is 31.1 Å². The van der Waals surface area contributed by atoms with Crippen molar-refractivity contribution in [2.75, 3.05) is 0 Å². The molecule has 2 N–H and O–H groups in total. The maximum atomic E-state index is 11.7. The molecule has 1 aromatic heterocycles. The second-order valence-corrected chi connectivity index (χ2v) is 5.36. The van der Waals surface area contributed by atoms with E-state index in [-0.39, 0.29) is 5.91 Å². The van der Waals surface area contributed by atoms with Gasteiger partial charge in [0.25, 0.3) is 0 Å². The number of carbonyl (C=O) groups excluding carboxylic acids is 1. The molecule has 0 unspecified atom stereocenters. The van der Waals surface area contributed by atoms with Gasteiger partial charge in [-0.25, -0.2) is 4.98 Å². The first-order valence-corrected chi connectivity index (χ1v) is 6.36. The molecule has 0 saturated heterocycles. The van der Waals surface area contributed by atoms with Crippen molar-refractivity contribution in [1.29, 1.82) is 0 Å². The van der Waals surface area contributed by atoms with Crippen LogP contribution in [0, 0.1) is 0 Å². The van der Waals surface area contributed by atoms with Gasteiger partial charge < -0.3 is 5.73 Å². The van der Waals surface area contributed by atoms with E-state index in [0.717, 1.165) is 30.2 Å². The van der Waals surface area contributed by atoms with E-state index in [1.165, 1.54) is 0 Å². The number of pyridine rings is 1. The Morgan fingerprint density at radius 1 is 1.44 bits per heavy atom. The number of halogens is 2. The summed E-state index contributed by atoms with van der Waals surface area (Å²) in [7, 11) is 0. The molecule has 3 nitrogen and oxygen atoms in total. The molecular formula is C11H12BrClN2O. The molecule has 1 aliphatic rings. The molecule has 86 valence electrons. The highest BCUT2D eigenvalue weighted by Gasteiger charge is 2.43. The summed E-state index contributed by atoms with van der Waals surface area (Å²) in [5, 5.41) is 0.394. The predicted molar refractivity (Wildman–Crippen MR) is 66.3 cm³/mol. The highest BCUT2D eigenvalue weighted by atomic mass is 79.9. The minimum absolute atomic E-state index is 0.305. The molecule has 2 rings (SSSR count). The van der Waals surface area contributed by atoms with Gasteiger partial charge in [-0.3, -0.25) is 4.79 Å². The van der Waals surface area contributed by atoms with Crippen LogP contribution in [0.4, 0.5) is 0 Å². The third-order valence-electron chi connectivity index (χ3n) is 3.19. The van der Waals surface area contributed by atoms with Gasteiger partial charge in [0, 0.05) is 4.47 Å².